The van der Waals surface area contributed by atoms with Gasteiger partial charge in [-0.2, -0.15) is 5.10 Å². The van der Waals surface area contributed by atoms with Gasteiger partial charge in [0.25, 0.3) is 5.91 Å². The molecule has 0 spiro atoms. The molecular formula is C21H19ClN4O2. The highest BCUT2D eigenvalue weighted by molar-refractivity contribution is 6.30. The Balaban J connectivity index is 1.55. The van der Waals surface area contributed by atoms with Crippen LogP contribution in [0, 0.1) is 6.92 Å². The number of rotatable bonds is 4. The van der Waals surface area contributed by atoms with E-state index in [9.17, 15) is 9.59 Å². The zero-order valence-corrected chi connectivity index (χ0v) is 16.1. The van der Waals surface area contributed by atoms with Crippen LogP contribution in [0.25, 0.3) is 11.3 Å². The lowest BCUT2D eigenvalue weighted by Crippen LogP contribution is -2.24. The number of nitrogens with one attached hydrogen (secondary N) is 2. The Morgan fingerprint density at radius 3 is 2.68 bits per heavy atom. The molecule has 0 radical (unpaired) electrons. The Morgan fingerprint density at radius 1 is 1.21 bits per heavy atom. The molecule has 1 aliphatic rings. The number of carbonyl (C=O) groups is 2. The Bertz CT molecular complexity index is 1040. The molecule has 2 amide bonds. The van der Waals surface area contributed by atoms with Gasteiger partial charge in [0.1, 0.15) is 0 Å². The van der Waals surface area contributed by atoms with Gasteiger partial charge in [0.05, 0.1) is 17.5 Å². The minimum absolute atomic E-state index is 0.144. The van der Waals surface area contributed by atoms with Gasteiger partial charge in [-0.05, 0) is 49.2 Å². The lowest BCUT2D eigenvalue weighted by Gasteiger charge is -2.19. The predicted molar refractivity (Wildman–Crippen MR) is 110 cm³/mol. The zero-order valence-electron chi connectivity index (χ0n) is 15.3. The normalized spacial score (nSPS) is 13.8. The van der Waals surface area contributed by atoms with Crippen molar-refractivity contribution in [1.82, 2.24) is 10.2 Å². The van der Waals surface area contributed by atoms with Crippen molar-refractivity contribution in [3.8, 4) is 11.3 Å². The number of H-pyrrole nitrogens is 1. The molecular weight excluding hydrogens is 376 g/mol. The molecule has 1 saturated heterocycles. The molecule has 142 valence electrons. The van der Waals surface area contributed by atoms with E-state index in [1.165, 1.54) is 6.20 Å². The van der Waals surface area contributed by atoms with E-state index in [2.05, 4.69) is 15.5 Å². The molecule has 0 bridgehead atoms. The molecule has 0 aliphatic carbocycles. The fraction of sp³-hybridized carbons (Fsp3) is 0.190. The highest BCUT2D eigenvalue weighted by Crippen LogP contribution is 2.28. The number of hydrogen-bond donors (Lipinski definition) is 2. The van der Waals surface area contributed by atoms with Gasteiger partial charge in [-0.3, -0.25) is 14.7 Å². The van der Waals surface area contributed by atoms with Crippen LogP contribution in [-0.4, -0.2) is 28.6 Å². The average Bonchev–Trinajstić information content (AvgIpc) is 3.32. The largest absolute Gasteiger partial charge is 0.322 e. The number of amides is 2. The van der Waals surface area contributed by atoms with Gasteiger partial charge in [0.2, 0.25) is 5.91 Å². The minimum Gasteiger partial charge on any atom is -0.322 e. The first-order valence-corrected chi connectivity index (χ1v) is 9.42. The summed E-state index contributed by atoms with van der Waals surface area (Å²) in [6.45, 7) is 2.68. The van der Waals surface area contributed by atoms with Gasteiger partial charge < -0.3 is 10.2 Å². The molecule has 1 fully saturated rings. The lowest BCUT2D eigenvalue weighted by atomic mass is 10.1. The van der Waals surface area contributed by atoms with Gasteiger partial charge in [0, 0.05) is 34.9 Å². The van der Waals surface area contributed by atoms with Crippen LogP contribution < -0.4 is 10.2 Å². The van der Waals surface area contributed by atoms with E-state index in [4.69, 9.17) is 11.6 Å². The number of nitrogens with zero attached hydrogens (tertiary/aromatic N) is 2. The van der Waals surface area contributed by atoms with Crippen LogP contribution in [0.4, 0.5) is 11.4 Å². The summed E-state index contributed by atoms with van der Waals surface area (Å²) in [6.07, 6.45) is 2.97. The van der Waals surface area contributed by atoms with Crippen LogP contribution in [0.5, 0.6) is 0 Å². The van der Waals surface area contributed by atoms with Crippen LogP contribution in [0.2, 0.25) is 5.02 Å². The van der Waals surface area contributed by atoms with E-state index < -0.39 is 0 Å². The van der Waals surface area contributed by atoms with E-state index in [-0.39, 0.29) is 11.8 Å². The third-order valence-corrected chi connectivity index (χ3v) is 5.09. The molecule has 2 N–H and O–H groups in total. The van der Waals surface area contributed by atoms with Crippen LogP contribution in [0.1, 0.15) is 28.8 Å². The monoisotopic (exact) mass is 394 g/mol. The number of anilines is 2. The molecule has 0 atom stereocenters. The predicted octanol–water partition coefficient (Wildman–Crippen LogP) is 4.42. The molecule has 7 heteroatoms. The van der Waals surface area contributed by atoms with Gasteiger partial charge in [-0.25, -0.2) is 0 Å². The van der Waals surface area contributed by atoms with Crippen molar-refractivity contribution in [1.29, 1.82) is 0 Å². The molecule has 6 nitrogen and oxygen atoms in total. The maximum Gasteiger partial charge on any atom is 0.259 e. The number of aryl methyl sites for hydroxylation is 1. The Kier molecular flexibility index (Phi) is 4.88. The highest BCUT2D eigenvalue weighted by atomic mass is 35.5. The summed E-state index contributed by atoms with van der Waals surface area (Å²) in [5.74, 6) is -0.117. The molecule has 2 heterocycles. The number of aromatic nitrogens is 2. The summed E-state index contributed by atoms with van der Waals surface area (Å²) < 4.78 is 0. The SMILES string of the molecule is Cc1cc(NC(=O)c2cn[nH]c2-c2ccc(Cl)cc2)ccc1N1CCCC1=O. The molecule has 3 aromatic rings. The first kappa shape index (κ1) is 18.3. The van der Waals surface area contributed by atoms with Crippen LogP contribution >= 0.6 is 11.6 Å². The number of benzene rings is 2. The number of halogens is 1. The van der Waals surface area contributed by atoms with Gasteiger partial charge >= 0.3 is 0 Å². The van der Waals surface area contributed by atoms with Crippen molar-refractivity contribution in [3.05, 3.63) is 64.8 Å². The second-order valence-corrected chi connectivity index (χ2v) is 7.21. The summed E-state index contributed by atoms with van der Waals surface area (Å²) in [7, 11) is 0. The minimum atomic E-state index is -0.261. The summed E-state index contributed by atoms with van der Waals surface area (Å²) in [6, 6.07) is 12.8. The van der Waals surface area contributed by atoms with E-state index in [1.807, 2.05) is 37.3 Å². The second kappa shape index (κ2) is 7.48. The van der Waals surface area contributed by atoms with Crippen LogP contribution in [0.3, 0.4) is 0 Å². The lowest BCUT2D eigenvalue weighted by molar-refractivity contribution is -0.117. The van der Waals surface area contributed by atoms with E-state index in [0.717, 1.165) is 29.8 Å². The topological polar surface area (TPSA) is 78.1 Å². The summed E-state index contributed by atoms with van der Waals surface area (Å²) in [5, 5.41) is 10.4. The molecule has 4 rings (SSSR count). The van der Waals surface area contributed by atoms with Crippen LogP contribution in [0.15, 0.2) is 48.7 Å². The molecule has 1 aliphatic heterocycles. The third kappa shape index (κ3) is 3.51. The standard InChI is InChI=1S/C21H19ClN4O2/c1-13-11-16(8-9-18(13)26-10-2-3-19(26)27)24-21(28)17-12-23-25-20(17)14-4-6-15(22)7-5-14/h4-9,11-12H,2-3,10H2,1H3,(H,23,25)(H,24,28). The van der Waals surface area contributed by atoms with Crippen LogP contribution in [-0.2, 0) is 4.79 Å². The van der Waals surface area contributed by atoms with E-state index >= 15 is 0 Å². The fourth-order valence-corrected chi connectivity index (χ4v) is 3.56. The first-order valence-electron chi connectivity index (χ1n) is 9.04. The Hall–Kier alpha value is -3.12. The van der Waals surface area contributed by atoms with Crippen molar-refractivity contribution in [2.45, 2.75) is 19.8 Å². The molecule has 0 saturated carbocycles. The molecule has 0 unspecified atom stereocenters. The number of carbonyl (C=O) groups excluding carboxylic acids is 2. The summed E-state index contributed by atoms with van der Waals surface area (Å²) >= 11 is 5.94. The fourth-order valence-electron chi connectivity index (χ4n) is 3.43. The van der Waals surface area contributed by atoms with Crippen molar-refractivity contribution < 1.29 is 9.59 Å². The maximum atomic E-state index is 12.8. The van der Waals surface area contributed by atoms with E-state index in [0.29, 0.717) is 28.4 Å². The summed E-state index contributed by atoms with van der Waals surface area (Å²) in [5.41, 5.74) is 4.40. The quantitative estimate of drug-likeness (QED) is 0.687. The maximum absolute atomic E-state index is 12.8. The van der Waals surface area contributed by atoms with Gasteiger partial charge in [-0.1, -0.05) is 23.7 Å². The second-order valence-electron chi connectivity index (χ2n) is 6.77. The van der Waals surface area contributed by atoms with Crippen molar-refractivity contribution >= 4 is 34.8 Å². The summed E-state index contributed by atoms with van der Waals surface area (Å²) in [4.78, 5) is 26.6. The molecule has 1 aromatic heterocycles. The smallest absolute Gasteiger partial charge is 0.259 e. The third-order valence-electron chi connectivity index (χ3n) is 4.84. The highest BCUT2D eigenvalue weighted by Gasteiger charge is 2.23. The average molecular weight is 395 g/mol. The van der Waals surface area contributed by atoms with Crippen molar-refractivity contribution in [2.24, 2.45) is 0 Å². The Labute approximate surface area is 167 Å². The van der Waals surface area contributed by atoms with E-state index in [1.54, 1.807) is 17.0 Å². The van der Waals surface area contributed by atoms with Gasteiger partial charge in [-0.15, -0.1) is 0 Å². The van der Waals surface area contributed by atoms with Crippen molar-refractivity contribution in [2.75, 3.05) is 16.8 Å². The zero-order chi connectivity index (χ0) is 19.7. The number of aromatic amines is 1. The molecule has 2 aromatic carbocycles. The van der Waals surface area contributed by atoms with Crippen molar-refractivity contribution in [3.63, 3.8) is 0 Å². The van der Waals surface area contributed by atoms with Gasteiger partial charge in [0.15, 0.2) is 0 Å². The first-order chi connectivity index (χ1) is 13.5. The Morgan fingerprint density at radius 2 is 2.00 bits per heavy atom. The molecule has 28 heavy (non-hydrogen) atoms. The number of hydrogen-bond acceptors (Lipinski definition) is 3.